The van der Waals surface area contributed by atoms with Crippen LogP contribution in [0.2, 0.25) is 0 Å². The van der Waals surface area contributed by atoms with Gasteiger partial charge in [0.25, 0.3) is 11.8 Å². The van der Waals surface area contributed by atoms with Crippen molar-refractivity contribution in [1.82, 2.24) is 4.90 Å². The molecular formula is C15H17NO4. The second-order valence-electron chi connectivity index (χ2n) is 5.25. The molecule has 0 radical (unpaired) electrons. The molecule has 20 heavy (non-hydrogen) atoms. The molecular weight excluding hydrogens is 258 g/mol. The first kappa shape index (κ1) is 14.2. The Kier molecular flexibility index (Phi) is 3.88. The maximum Gasteiger partial charge on any atom is 0.338 e. The van der Waals surface area contributed by atoms with Gasteiger partial charge in [-0.2, -0.15) is 0 Å². The van der Waals surface area contributed by atoms with Crippen molar-refractivity contribution in [3.63, 3.8) is 0 Å². The van der Waals surface area contributed by atoms with Gasteiger partial charge in [-0.05, 0) is 30.5 Å². The van der Waals surface area contributed by atoms with E-state index in [0.717, 1.165) is 11.3 Å². The Morgan fingerprint density at radius 2 is 1.85 bits per heavy atom. The molecule has 0 spiro atoms. The van der Waals surface area contributed by atoms with Gasteiger partial charge in [-0.15, -0.1) is 0 Å². The lowest BCUT2D eigenvalue weighted by Gasteiger charge is -2.07. The molecule has 2 rings (SSSR count). The number of amides is 2. The molecule has 5 heteroatoms. The highest BCUT2D eigenvalue weighted by atomic mass is 16.5. The first-order valence-electron chi connectivity index (χ1n) is 6.55. The molecule has 0 N–H and O–H groups in total. The number of hydrogen-bond acceptors (Lipinski definition) is 4. The molecule has 5 nitrogen and oxygen atoms in total. The quantitative estimate of drug-likeness (QED) is 0.623. The Balaban J connectivity index is 2.14. The van der Waals surface area contributed by atoms with E-state index in [9.17, 15) is 14.4 Å². The molecule has 1 aliphatic rings. The number of hydrogen-bond donors (Lipinski definition) is 0. The SMILES string of the molecule is CC(C)CCOC(=O)c1ccc2c(c1)C(=O)N(C)C2=O. The summed E-state index contributed by atoms with van der Waals surface area (Å²) in [6.07, 6.45) is 0.789. The Bertz CT molecular complexity index is 577. The van der Waals surface area contributed by atoms with Crippen LogP contribution in [-0.4, -0.2) is 36.3 Å². The van der Waals surface area contributed by atoms with Crippen molar-refractivity contribution in [2.75, 3.05) is 13.7 Å². The second kappa shape index (κ2) is 5.45. The molecule has 0 bridgehead atoms. The van der Waals surface area contributed by atoms with Crippen LogP contribution < -0.4 is 0 Å². The highest BCUT2D eigenvalue weighted by molar-refractivity contribution is 6.21. The van der Waals surface area contributed by atoms with E-state index >= 15 is 0 Å². The van der Waals surface area contributed by atoms with Gasteiger partial charge in [0, 0.05) is 7.05 Å². The van der Waals surface area contributed by atoms with E-state index in [1.807, 2.05) is 13.8 Å². The smallest absolute Gasteiger partial charge is 0.338 e. The van der Waals surface area contributed by atoms with Crippen LogP contribution in [0, 0.1) is 5.92 Å². The summed E-state index contributed by atoms with van der Waals surface area (Å²) < 4.78 is 5.14. The van der Waals surface area contributed by atoms with Gasteiger partial charge in [0.2, 0.25) is 0 Å². The summed E-state index contributed by atoms with van der Waals surface area (Å²) in [6.45, 7) is 4.44. The fraction of sp³-hybridized carbons (Fsp3) is 0.400. The van der Waals surface area contributed by atoms with Gasteiger partial charge in [0.15, 0.2) is 0 Å². The van der Waals surface area contributed by atoms with E-state index in [2.05, 4.69) is 0 Å². The van der Waals surface area contributed by atoms with Gasteiger partial charge in [-0.25, -0.2) is 4.79 Å². The second-order valence-corrected chi connectivity index (χ2v) is 5.25. The lowest BCUT2D eigenvalue weighted by Crippen LogP contribution is -2.24. The van der Waals surface area contributed by atoms with Crippen molar-refractivity contribution >= 4 is 17.8 Å². The van der Waals surface area contributed by atoms with Gasteiger partial charge in [-0.1, -0.05) is 13.8 Å². The van der Waals surface area contributed by atoms with E-state index < -0.39 is 5.97 Å². The number of rotatable bonds is 4. The minimum atomic E-state index is -0.469. The first-order chi connectivity index (χ1) is 9.41. The number of carbonyl (C=O) groups is 3. The highest BCUT2D eigenvalue weighted by Gasteiger charge is 2.33. The first-order valence-corrected chi connectivity index (χ1v) is 6.55. The van der Waals surface area contributed by atoms with Crippen LogP contribution in [0.3, 0.4) is 0 Å². The third-order valence-electron chi connectivity index (χ3n) is 3.25. The third kappa shape index (κ3) is 2.57. The zero-order chi connectivity index (χ0) is 14.9. The summed E-state index contributed by atoms with van der Waals surface area (Å²) in [6, 6.07) is 4.44. The molecule has 1 aromatic rings. The molecule has 1 aliphatic heterocycles. The molecule has 2 amide bonds. The van der Waals surface area contributed by atoms with Crippen molar-refractivity contribution in [2.45, 2.75) is 20.3 Å². The Morgan fingerprint density at radius 1 is 1.20 bits per heavy atom. The maximum atomic E-state index is 11.9. The van der Waals surface area contributed by atoms with Crippen LogP contribution in [0.1, 0.15) is 51.3 Å². The van der Waals surface area contributed by atoms with E-state index in [4.69, 9.17) is 4.74 Å². The molecule has 0 aliphatic carbocycles. The number of imide groups is 1. The zero-order valence-corrected chi connectivity index (χ0v) is 11.8. The summed E-state index contributed by atoms with van der Waals surface area (Å²) in [5, 5.41) is 0. The Morgan fingerprint density at radius 3 is 2.50 bits per heavy atom. The normalized spacial score (nSPS) is 13.9. The predicted octanol–water partition coefficient (Wildman–Crippen LogP) is 2.12. The summed E-state index contributed by atoms with van der Waals surface area (Å²) in [5.41, 5.74) is 0.885. The summed E-state index contributed by atoms with van der Waals surface area (Å²) >= 11 is 0. The number of ether oxygens (including phenoxy) is 1. The van der Waals surface area contributed by atoms with Gasteiger partial charge in [0.05, 0.1) is 23.3 Å². The fourth-order valence-electron chi connectivity index (χ4n) is 1.96. The van der Waals surface area contributed by atoms with E-state index in [1.54, 1.807) is 0 Å². The molecule has 0 saturated heterocycles. The molecule has 0 unspecified atom stereocenters. The van der Waals surface area contributed by atoms with Gasteiger partial charge in [0.1, 0.15) is 0 Å². The van der Waals surface area contributed by atoms with Crippen molar-refractivity contribution in [2.24, 2.45) is 5.92 Å². The fourth-order valence-corrected chi connectivity index (χ4v) is 1.96. The van der Waals surface area contributed by atoms with Crippen LogP contribution in [-0.2, 0) is 4.74 Å². The van der Waals surface area contributed by atoms with Crippen LogP contribution in [0.5, 0.6) is 0 Å². The summed E-state index contributed by atoms with van der Waals surface area (Å²) in [4.78, 5) is 36.5. The Hall–Kier alpha value is -2.17. The maximum absolute atomic E-state index is 11.9. The van der Waals surface area contributed by atoms with Gasteiger partial charge >= 0.3 is 5.97 Å². The lowest BCUT2D eigenvalue weighted by atomic mass is 10.1. The molecule has 0 saturated carbocycles. The zero-order valence-electron chi connectivity index (χ0n) is 11.8. The average molecular weight is 275 g/mol. The van der Waals surface area contributed by atoms with Crippen LogP contribution in [0.15, 0.2) is 18.2 Å². The van der Waals surface area contributed by atoms with Crippen LogP contribution >= 0.6 is 0 Å². The van der Waals surface area contributed by atoms with E-state index in [1.165, 1.54) is 25.2 Å². The average Bonchev–Trinajstić information content (AvgIpc) is 2.63. The summed E-state index contributed by atoms with van der Waals surface area (Å²) in [7, 11) is 1.42. The predicted molar refractivity (Wildman–Crippen MR) is 72.6 cm³/mol. The summed E-state index contributed by atoms with van der Waals surface area (Å²) in [5.74, 6) is -0.745. The number of benzene rings is 1. The van der Waals surface area contributed by atoms with E-state index in [-0.39, 0.29) is 17.4 Å². The minimum absolute atomic E-state index is 0.260. The van der Waals surface area contributed by atoms with Crippen molar-refractivity contribution in [3.8, 4) is 0 Å². The molecule has 1 heterocycles. The van der Waals surface area contributed by atoms with Crippen molar-refractivity contribution < 1.29 is 19.1 Å². The Labute approximate surface area is 117 Å². The minimum Gasteiger partial charge on any atom is -0.462 e. The largest absolute Gasteiger partial charge is 0.462 e. The van der Waals surface area contributed by atoms with Gasteiger partial charge < -0.3 is 4.74 Å². The number of esters is 1. The lowest BCUT2D eigenvalue weighted by molar-refractivity contribution is 0.0487. The molecule has 106 valence electrons. The van der Waals surface area contributed by atoms with Crippen LogP contribution in [0.25, 0.3) is 0 Å². The van der Waals surface area contributed by atoms with Gasteiger partial charge in [-0.3, -0.25) is 14.5 Å². The van der Waals surface area contributed by atoms with Crippen LogP contribution in [0.4, 0.5) is 0 Å². The monoisotopic (exact) mass is 275 g/mol. The standard InChI is InChI=1S/C15H17NO4/c1-9(2)6-7-20-15(19)10-4-5-11-12(8-10)14(18)16(3)13(11)17/h4-5,8-9H,6-7H2,1-3H3. The number of fused-ring (bicyclic) bond motifs is 1. The molecule has 0 aromatic heterocycles. The number of carbonyl (C=O) groups excluding carboxylic acids is 3. The molecule has 0 fully saturated rings. The highest BCUT2D eigenvalue weighted by Crippen LogP contribution is 2.23. The topological polar surface area (TPSA) is 63.7 Å². The van der Waals surface area contributed by atoms with Crippen molar-refractivity contribution in [3.05, 3.63) is 34.9 Å². The van der Waals surface area contributed by atoms with Crippen molar-refractivity contribution in [1.29, 1.82) is 0 Å². The van der Waals surface area contributed by atoms with E-state index in [0.29, 0.717) is 23.7 Å². The molecule has 1 aromatic carbocycles. The third-order valence-corrected chi connectivity index (χ3v) is 3.25. The molecule has 0 atom stereocenters. The number of nitrogens with zero attached hydrogens (tertiary/aromatic N) is 1.